The maximum atomic E-state index is 3.61. The predicted molar refractivity (Wildman–Crippen MR) is 86.0 cm³/mol. The summed E-state index contributed by atoms with van der Waals surface area (Å²) >= 11 is 0. The molecule has 1 N–H and O–H groups in total. The van der Waals surface area contributed by atoms with Crippen LogP contribution in [-0.4, -0.2) is 55.6 Å². The second-order valence-electron chi connectivity index (χ2n) is 6.04. The molecule has 0 aliphatic carbocycles. The first-order chi connectivity index (χ1) is 9.70. The van der Waals surface area contributed by atoms with Crippen LogP contribution in [0.4, 0.5) is 0 Å². The average molecular weight is 275 g/mol. The molecule has 1 fully saturated rings. The van der Waals surface area contributed by atoms with E-state index in [1.54, 1.807) is 0 Å². The minimum absolute atomic E-state index is 0.529. The molecule has 3 heteroatoms. The van der Waals surface area contributed by atoms with E-state index in [-0.39, 0.29) is 0 Å². The normalized spacial score (nSPS) is 22.9. The molecule has 0 aromatic heterocycles. The second kappa shape index (κ2) is 7.77. The first kappa shape index (κ1) is 15.5. The Morgan fingerprint density at radius 1 is 1.25 bits per heavy atom. The van der Waals surface area contributed by atoms with E-state index in [4.69, 9.17) is 0 Å². The summed E-state index contributed by atoms with van der Waals surface area (Å²) in [6.45, 7) is 10.2. The number of benzene rings is 1. The van der Waals surface area contributed by atoms with Gasteiger partial charge in [0.25, 0.3) is 0 Å². The Morgan fingerprint density at radius 2 is 2.00 bits per heavy atom. The van der Waals surface area contributed by atoms with E-state index in [0.717, 1.165) is 26.2 Å². The van der Waals surface area contributed by atoms with Crippen LogP contribution in [-0.2, 0) is 0 Å². The zero-order valence-corrected chi connectivity index (χ0v) is 13.2. The molecule has 2 rings (SSSR count). The number of piperazine rings is 1. The van der Waals surface area contributed by atoms with E-state index >= 15 is 0 Å². The first-order valence-electron chi connectivity index (χ1n) is 7.91. The van der Waals surface area contributed by atoms with Crippen LogP contribution in [0.3, 0.4) is 0 Å². The van der Waals surface area contributed by atoms with Gasteiger partial charge in [-0.3, -0.25) is 4.90 Å². The van der Waals surface area contributed by atoms with Crippen LogP contribution in [0.5, 0.6) is 0 Å². The lowest BCUT2D eigenvalue weighted by atomic mass is 10.0. The van der Waals surface area contributed by atoms with Crippen LogP contribution < -0.4 is 5.32 Å². The molecule has 3 nitrogen and oxygen atoms in total. The standard InChI is InChI=1S/C17H29N3/c1-4-10-18-15(2)13-20-12-11-19(3)14-17(20)16-8-6-5-7-9-16/h5-9,15,17-18H,4,10-14H2,1-3H3. The molecule has 1 aromatic carbocycles. The predicted octanol–water partition coefficient (Wildman–Crippen LogP) is 2.36. The zero-order chi connectivity index (χ0) is 14.4. The van der Waals surface area contributed by atoms with Gasteiger partial charge in [0.1, 0.15) is 0 Å². The van der Waals surface area contributed by atoms with Crippen molar-refractivity contribution in [2.75, 3.05) is 39.8 Å². The summed E-state index contributed by atoms with van der Waals surface area (Å²) < 4.78 is 0. The van der Waals surface area contributed by atoms with Crippen molar-refractivity contribution in [1.82, 2.24) is 15.1 Å². The SMILES string of the molecule is CCCNC(C)CN1CCN(C)CC1c1ccccc1. The Morgan fingerprint density at radius 3 is 2.70 bits per heavy atom. The van der Waals surface area contributed by atoms with Crippen LogP contribution in [0.2, 0.25) is 0 Å². The van der Waals surface area contributed by atoms with Gasteiger partial charge >= 0.3 is 0 Å². The van der Waals surface area contributed by atoms with Crippen molar-refractivity contribution >= 4 is 0 Å². The maximum absolute atomic E-state index is 3.61. The van der Waals surface area contributed by atoms with Crippen LogP contribution in [0.1, 0.15) is 31.9 Å². The summed E-state index contributed by atoms with van der Waals surface area (Å²) in [6.07, 6.45) is 1.20. The van der Waals surface area contributed by atoms with Crippen LogP contribution >= 0.6 is 0 Å². The monoisotopic (exact) mass is 275 g/mol. The van der Waals surface area contributed by atoms with E-state index in [1.807, 2.05) is 0 Å². The van der Waals surface area contributed by atoms with Gasteiger partial charge in [0.2, 0.25) is 0 Å². The van der Waals surface area contributed by atoms with Crippen molar-refractivity contribution < 1.29 is 0 Å². The molecule has 0 saturated carbocycles. The van der Waals surface area contributed by atoms with Gasteiger partial charge in [-0.2, -0.15) is 0 Å². The molecule has 1 aromatic rings. The van der Waals surface area contributed by atoms with Crippen molar-refractivity contribution in [1.29, 1.82) is 0 Å². The Bertz CT molecular complexity index is 379. The van der Waals surface area contributed by atoms with Gasteiger partial charge in [0, 0.05) is 38.3 Å². The van der Waals surface area contributed by atoms with Crippen molar-refractivity contribution in [3.05, 3.63) is 35.9 Å². The number of rotatable bonds is 6. The maximum Gasteiger partial charge on any atom is 0.0476 e. The van der Waals surface area contributed by atoms with Crippen LogP contribution in [0.25, 0.3) is 0 Å². The summed E-state index contributed by atoms with van der Waals surface area (Å²) in [4.78, 5) is 5.08. The average Bonchev–Trinajstić information content (AvgIpc) is 2.48. The van der Waals surface area contributed by atoms with Crippen molar-refractivity contribution in [2.24, 2.45) is 0 Å². The minimum Gasteiger partial charge on any atom is -0.313 e. The van der Waals surface area contributed by atoms with Gasteiger partial charge in [-0.25, -0.2) is 0 Å². The third-order valence-corrected chi connectivity index (χ3v) is 4.13. The Hall–Kier alpha value is -0.900. The van der Waals surface area contributed by atoms with Gasteiger partial charge in [-0.1, -0.05) is 37.3 Å². The number of nitrogens with zero attached hydrogens (tertiary/aromatic N) is 2. The van der Waals surface area contributed by atoms with Gasteiger partial charge in [0.15, 0.2) is 0 Å². The molecule has 20 heavy (non-hydrogen) atoms. The molecule has 112 valence electrons. The van der Waals surface area contributed by atoms with E-state index < -0.39 is 0 Å². The van der Waals surface area contributed by atoms with E-state index in [1.165, 1.54) is 18.5 Å². The molecular formula is C17H29N3. The number of likely N-dealkylation sites (N-methyl/N-ethyl adjacent to an activating group) is 1. The highest BCUT2D eigenvalue weighted by Gasteiger charge is 2.27. The molecular weight excluding hydrogens is 246 g/mol. The van der Waals surface area contributed by atoms with E-state index in [0.29, 0.717) is 12.1 Å². The second-order valence-corrected chi connectivity index (χ2v) is 6.04. The third-order valence-electron chi connectivity index (χ3n) is 4.13. The number of nitrogens with one attached hydrogen (secondary N) is 1. The molecule has 0 spiro atoms. The van der Waals surface area contributed by atoms with Crippen molar-refractivity contribution in [2.45, 2.75) is 32.4 Å². The Balaban J connectivity index is 2.01. The summed E-state index contributed by atoms with van der Waals surface area (Å²) in [5.74, 6) is 0. The van der Waals surface area contributed by atoms with Gasteiger partial charge in [0.05, 0.1) is 0 Å². The highest BCUT2D eigenvalue weighted by Crippen LogP contribution is 2.24. The summed E-state index contributed by atoms with van der Waals surface area (Å²) in [5, 5.41) is 3.61. The summed E-state index contributed by atoms with van der Waals surface area (Å²) in [6, 6.07) is 12.0. The Kier molecular flexibility index (Phi) is 6.02. The lowest BCUT2D eigenvalue weighted by molar-refractivity contribution is 0.0823. The fraction of sp³-hybridized carbons (Fsp3) is 0.647. The molecule has 1 aliphatic heterocycles. The number of hydrogen-bond acceptors (Lipinski definition) is 3. The smallest absolute Gasteiger partial charge is 0.0476 e. The van der Waals surface area contributed by atoms with Gasteiger partial charge < -0.3 is 10.2 Å². The summed E-state index contributed by atoms with van der Waals surface area (Å²) in [7, 11) is 2.23. The first-order valence-corrected chi connectivity index (χ1v) is 7.91. The van der Waals surface area contributed by atoms with E-state index in [9.17, 15) is 0 Å². The highest BCUT2D eigenvalue weighted by molar-refractivity contribution is 5.20. The lowest BCUT2D eigenvalue weighted by Gasteiger charge is -2.41. The molecule has 1 saturated heterocycles. The fourth-order valence-electron chi connectivity index (χ4n) is 2.97. The number of hydrogen-bond donors (Lipinski definition) is 1. The zero-order valence-electron chi connectivity index (χ0n) is 13.2. The molecule has 2 atom stereocenters. The topological polar surface area (TPSA) is 18.5 Å². The fourth-order valence-corrected chi connectivity index (χ4v) is 2.97. The molecule has 1 heterocycles. The molecule has 0 amide bonds. The Labute approximate surface area is 124 Å². The molecule has 0 bridgehead atoms. The largest absolute Gasteiger partial charge is 0.313 e. The minimum atomic E-state index is 0.529. The van der Waals surface area contributed by atoms with Crippen LogP contribution in [0.15, 0.2) is 30.3 Å². The third kappa shape index (κ3) is 4.30. The highest BCUT2D eigenvalue weighted by atomic mass is 15.3. The molecule has 1 aliphatic rings. The molecule has 2 unspecified atom stereocenters. The quantitative estimate of drug-likeness (QED) is 0.860. The van der Waals surface area contributed by atoms with Crippen molar-refractivity contribution in [3.8, 4) is 0 Å². The lowest BCUT2D eigenvalue weighted by Crippen LogP contribution is -2.50. The van der Waals surface area contributed by atoms with Crippen LogP contribution in [0, 0.1) is 0 Å². The van der Waals surface area contributed by atoms with E-state index in [2.05, 4.69) is 66.3 Å². The summed E-state index contributed by atoms with van der Waals surface area (Å²) in [5.41, 5.74) is 1.45. The van der Waals surface area contributed by atoms with Gasteiger partial charge in [-0.05, 0) is 32.5 Å². The van der Waals surface area contributed by atoms with Gasteiger partial charge in [-0.15, -0.1) is 0 Å². The molecule has 0 radical (unpaired) electrons. The van der Waals surface area contributed by atoms with Crippen molar-refractivity contribution in [3.63, 3.8) is 0 Å².